The molecule has 2 heterocycles. The molecule has 31 heavy (non-hydrogen) atoms. The third-order valence-electron chi connectivity index (χ3n) is 5.02. The standard InChI is InChI=1S/C23H20ClN3O4/c1-15(20-8-5-11-31-20)25-21(28)14-27-19-12-17(24)9-10-18(19)26(22(29)23(27)30)13-16-6-3-2-4-7-16/h2-12,15H,13-14H2,1H3,(H,25,28)/t15-/m0/s1. The highest BCUT2D eigenvalue weighted by Crippen LogP contribution is 2.19. The van der Waals surface area contributed by atoms with Gasteiger partial charge in [-0.05, 0) is 42.8 Å². The predicted molar refractivity (Wildman–Crippen MR) is 118 cm³/mol. The topological polar surface area (TPSA) is 86.2 Å². The number of rotatable bonds is 6. The van der Waals surface area contributed by atoms with Crippen molar-refractivity contribution in [3.63, 3.8) is 0 Å². The second kappa shape index (κ2) is 8.65. The van der Waals surface area contributed by atoms with Crippen LogP contribution < -0.4 is 16.4 Å². The van der Waals surface area contributed by atoms with Crippen molar-refractivity contribution in [1.82, 2.24) is 14.5 Å². The fourth-order valence-electron chi connectivity index (χ4n) is 3.51. The summed E-state index contributed by atoms with van der Waals surface area (Å²) in [5, 5.41) is 3.18. The Balaban J connectivity index is 1.74. The molecule has 7 nitrogen and oxygen atoms in total. The third-order valence-corrected chi connectivity index (χ3v) is 5.26. The lowest BCUT2D eigenvalue weighted by Gasteiger charge is -2.17. The summed E-state index contributed by atoms with van der Waals surface area (Å²) in [6, 6.07) is 17.4. The number of furan rings is 1. The van der Waals surface area contributed by atoms with E-state index in [4.69, 9.17) is 16.0 Å². The van der Waals surface area contributed by atoms with Crippen molar-refractivity contribution >= 4 is 28.5 Å². The molecule has 158 valence electrons. The summed E-state index contributed by atoms with van der Waals surface area (Å²) < 4.78 is 7.86. The number of hydrogen-bond acceptors (Lipinski definition) is 4. The van der Waals surface area contributed by atoms with Gasteiger partial charge in [-0.2, -0.15) is 0 Å². The molecule has 2 aromatic carbocycles. The lowest BCUT2D eigenvalue weighted by Crippen LogP contribution is -2.44. The molecule has 0 radical (unpaired) electrons. The zero-order chi connectivity index (χ0) is 22.0. The molecule has 0 aliphatic carbocycles. The van der Waals surface area contributed by atoms with Gasteiger partial charge in [0.25, 0.3) is 0 Å². The SMILES string of the molecule is C[C@H](NC(=O)Cn1c(=O)c(=O)n(Cc2ccccc2)c2ccc(Cl)cc21)c1ccco1. The second-order valence-electron chi connectivity index (χ2n) is 7.21. The monoisotopic (exact) mass is 437 g/mol. The number of fused-ring (bicyclic) bond motifs is 1. The number of halogens is 1. The van der Waals surface area contributed by atoms with Gasteiger partial charge in [-0.15, -0.1) is 0 Å². The first-order valence-corrected chi connectivity index (χ1v) is 10.1. The van der Waals surface area contributed by atoms with Gasteiger partial charge < -0.3 is 9.73 Å². The summed E-state index contributed by atoms with van der Waals surface area (Å²) in [6.45, 7) is 1.68. The molecule has 0 spiro atoms. The molecular formula is C23H20ClN3O4. The minimum atomic E-state index is -0.786. The molecule has 0 bridgehead atoms. The first-order chi connectivity index (χ1) is 14.9. The fraction of sp³-hybridized carbons (Fsp3) is 0.174. The molecule has 8 heteroatoms. The molecule has 2 aromatic heterocycles. The second-order valence-corrected chi connectivity index (χ2v) is 7.64. The zero-order valence-electron chi connectivity index (χ0n) is 16.7. The van der Waals surface area contributed by atoms with E-state index in [2.05, 4.69) is 5.32 Å². The van der Waals surface area contributed by atoms with E-state index >= 15 is 0 Å². The number of hydrogen-bond donors (Lipinski definition) is 1. The van der Waals surface area contributed by atoms with Crippen LogP contribution in [0.25, 0.3) is 11.0 Å². The maximum Gasteiger partial charge on any atom is 0.317 e. The van der Waals surface area contributed by atoms with Crippen LogP contribution in [0.2, 0.25) is 5.02 Å². The van der Waals surface area contributed by atoms with Crippen molar-refractivity contribution in [2.45, 2.75) is 26.1 Å². The zero-order valence-corrected chi connectivity index (χ0v) is 17.5. The Hall–Kier alpha value is -3.58. The third kappa shape index (κ3) is 4.32. The van der Waals surface area contributed by atoms with Crippen LogP contribution in [0.5, 0.6) is 0 Å². The Kier molecular flexibility index (Phi) is 5.77. The van der Waals surface area contributed by atoms with Crippen LogP contribution in [0.1, 0.15) is 24.3 Å². The predicted octanol–water partition coefficient (Wildman–Crippen LogP) is 3.34. The number of nitrogens with one attached hydrogen (secondary N) is 1. The average molecular weight is 438 g/mol. The lowest BCUT2D eigenvalue weighted by atomic mass is 10.2. The minimum absolute atomic E-state index is 0.232. The summed E-state index contributed by atoms with van der Waals surface area (Å²) in [6.07, 6.45) is 1.52. The first kappa shape index (κ1) is 20.7. The van der Waals surface area contributed by atoms with Crippen LogP contribution in [-0.4, -0.2) is 15.0 Å². The Morgan fingerprint density at radius 3 is 2.45 bits per heavy atom. The maximum atomic E-state index is 12.9. The van der Waals surface area contributed by atoms with Gasteiger partial charge in [-0.25, -0.2) is 0 Å². The normalized spacial score (nSPS) is 12.1. The van der Waals surface area contributed by atoms with Crippen LogP contribution >= 0.6 is 11.6 Å². The van der Waals surface area contributed by atoms with Gasteiger partial charge in [0, 0.05) is 5.02 Å². The highest BCUT2D eigenvalue weighted by atomic mass is 35.5. The van der Waals surface area contributed by atoms with Gasteiger partial charge in [-0.1, -0.05) is 41.9 Å². The van der Waals surface area contributed by atoms with Gasteiger partial charge in [0.15, 0.2) is 0 Å². The largest absolute Gasteiger partial charge is 0.467 e. The van der Waals surface area contributed by atoms with E-state index in [9.17, 15) is 14.4 Å². The summed E-state index contributed by atoms with van der Waals surface area (Å²) in [4.78, 5) is 38.5. The van der Waals surface area contributed by atoms with Crippen LogP contribution in [-0.2, 0) is 17.9 Å². The van der Waals surface area contributed by atoms with Crippen LogP contribution in [0.15, 0.2) is 80.9 Å². The van der Waals surface area contributed by atoms with Crippen molar-refractivity contribution in [1.29, 1.82) is 0 Å². The highest BCUT2D eigenvalue weighted by Gasteiger charge is 2.18. The molecule has 0 aliphatic rings. The summed E-state index contributed by atoms with van der Waals surface area (Å²) in [5.74, 6) is 0.166. The summed E-state index contributed by atoms with van der Waals surface area (Å²) in [7, 11) is 0. The van der Waals surface area contributed by atoms with E-state index in [0.717, 1.165) is 10.1 Å². The van der Waals surface area contributed by atoms with Gasteiger partial charge in [-0.3, -0.25) is 23.5 Å². The number of amides is 1. The van der Waals surface area contributed by atoms with Crippen LogP contribution in [0.3, 0.4) is 0 Å². The Bertz CT molecular complexity index is 1340. The molecule has 1 amide bonds. The smallest absolute Gasteiger partial charge is 0.317 e. The molecule has 1 atom stereocenters. The minimum Gasteiger partial charge on any atom is -0.467 e. The average Bonchev–Trinajstić information content (AvgIpc) is 3.30. The van der Waals surface area contributed by atoms with E-state index < -0.39 is 17.0 Å². The molecule has 4 rings (SSSR count). The first-order valence-electron chi connectivity index (χ1n) is 9.73. The van der Waals surface area contributed by atoms with E-state index in [1.807, 2.05) is 30.3 Å². The number of nitrogens with zero attached hydrogens (tertiary/aromatic N) is 2. The Morgan fingerprint density at radius 1 is 1.00 bits per heavy atom. The fourth-order valence-corrected chi connectivity index (χ4v) is 3.68. The molecule has 0 aliphatic heterocycles. The highest BCUT2D eigenvalue weighted by molar-refractivity contribution is 6.31. The van der Waals surface area contributed by atoms with Crippen molar-refractivity contribution in [2.75, 3.05) is 0 Å². The van der Waals surface area contributed by atoms with Crippen molar-refractivity contribution in [3.8, 4) is 0 Å². The van der Waals surface area contributed by atoms with Crippen LogP contribution in [0, 0.1) is 0 Å². The van der Waals surface area contributed by atoms with Crippen LogP contribution in [0.4, 0.5) is 0 Å². The maximum absolute atomic E-state index is 12.9. The number of benzene rings is 2. The van der Waals surface area contributed by atoms with Crippen molar-refractivity contribution in [2.24, 2.45) is 0 Å². The van der Waals surface area contributed by atoms with Gasteiger partial charge in [0.2, 0.25) is 5.91 Å². The molecule has 0 fully saturated rings. The molecule has 0 saturated carbocycles. The molecule has 0 saturated heterocycles. The molecule has 4 aromatic rings. The van der Waals surface area contributed by atoms with Gasteiger partial charge in [0.1, 0.15) is 12.3 Å². The van der Waals surface area contributed by atoms with Crippen molar-refractivity contribution in [3.05, 3.63) is 104 Å². The Labute approximate surface area is 182 Å². The molecule has 0 unspecified atom stereocenters. The Morgan fingerprint density at radius 2 is 1.74 bits per heavy atom. The molecule has 1 N–H and O–H groups in total. The number of carbonyl (C=O) groups is 1. The summed E-state index contributed by atoms with van der Waals surface area (Å²) in [5.41, 5.74) is 0.318. The van der Waals surface area contributed by atoms with Crippen molar-refractivity contribution < 1.29 is 9.21 Å². The van der Waals surface area contributed by atoms with E-state index in [0.29, 0.717) is 21.8 Å². The lowest BCUT2D eigenvalue weighted by molar-refractivity contribution is -0.122. The van der Waals surface area contributed by atoms with E-state index in [-0.39, 0.29) is 19.1 Å². The van der Waals surface area contributed by atoms with E-state index in [1.54, 1.807) is 37.3 Å². The quantitative estimate of drug-likeness (QED) is 0.469. The van der Waals surface area contributed by atoms with Gasteiger partial charge >= 0.3 is 11.1 Å². The molecular weight excluding hydrogens is 418 g/mol. The number of aromatic nitrogens is 2. The number of carbonyl (C=O) groups excluding carboxylic acids is 1. The summed E-state index contributed by atoms with van der Waals surface area (Å²) >= 11 is 6.17. The van der Waals surface area contributed by atoms with Gasteiger partial charge in [0.05, 0.1) is 29.9 Å². The van der Waals surface area contributed by atoms with E-state index in [1.165, 1.54) is 10.8 Å².